The Morgan fingerprint density at radius 1 is 1.30 bits per heavy atom. The molecule has 0 radical (unpaired) electrons. The second-order valence-corrected chi connectivity index (χ2v) is 5.44. The molecule has 110 valence electrons. The van der Waals surface area contributed by atoms with Gasteiger partial charge >= 0.3 is 0 Å². The highest BCUT2D eigenvalue weighted by atomic mass is 16.7. The molecule has 0 atom stereocenters. The van der Waals surface area contributed by atoms with Gasteiger partial charge in [0.25, 0.3) is 5.91 Å². The molecule has 1 aromatic carbocycles. The molecule has 5 nitrogen and oxygen atoms in total. The minimum Gasteiger partial charge on any atom is -0.454 e. The molecule has 3 N–H and O–H groups in total. The molecule has 1 aliphatic rings. The van der Waals surface area contributed by atoms with Crippen molar-refractivity contribution < 1.29 is 14.3 Å². The van der Waals surface area contributed by atoms with Gasteiger partial charge in [-0.25, -0.2) is 0 Å². The average Bonchev–Trinajstić information content (AvgIpc) is 2.83. The number of hydrogen-bond donors (Lipinski definition) is 2. The maximum Gasteiger partial charge on any atom is 0.253 e. The first-order chi connectivity index (χ1) is 9.58. The molecule has 1 heterocycles. The van der Waals surface area contributed by atoms with E-state index < -0.39 is 0 Å². The van der Waals surface area contributed by atoms with Crippen molar-refractivity contribution in [3.8, 4) is 11.5 Å². The number of amides is 1. The van der Waals surface area contributed by atoms with Gasteiger partial charge in [-0.3, -0.25) is 4.79 Å². The third-order valence-corrected chi connectivity index (χ3v) is 3.28. The summed E-state index contributed by atoms with van der Waals surface area (Å²) in [5.74, 6) is 1.71. The van der Waals surface area contributed by atoms with Crippen molar-refractivity contribution in [1.29, 1.82) is 0 Å². The lowest BCUT2D eigenvalue weighted by Gasteiger charge is -2.09. The lowest BCUT2D eigenvalue weighted by Crippen LogP contribution is -2.25. The normalized spacial score (nSPS) is 12.8. The van der Waals surface area contributed by atoms with Crippen molar-refractivity contribution in [3.63, 3.8) is 0 Å². The summed E-state index contributed by atoms with van der Waals surface area (Å²) in [6.07, 6.45) is 3.28. The van der Waals surface area contributed by atoms with E-state index in [0.717, 1.165) is 12.8 Å². The first-order valence-corrected chi connectivity index (χ1v) is 7.05. The highest BCUT2D eigenvalue weighted by molar-refractivity contribution is 6.00. The molecular weight excluding hydrogens is 256 g/mol. The highest BCUT2D eigenvalue weighted by Gasteiger charge is 2.19. The number of fused-ring (bicyclic) bond motifs is 1. The Hall–Kier alpha value is -1.91. The molecule has 0 unspecified atom stereocenters. The number of nitrogens with one attached hydrogen (secondary N) is 1. The number of ether oxygens (including phenoxy) is 2. The number of carbonyl (C=O) groups is 1. The number of nitrogen functional groups attached to an aromatic ring is 1. The molecule has 0 fully saturated rings. The van der Waals surface area contributed by atoms with Crippen LogP contribution >= 0.6 is 0 Å². The Balaban J connectivity index is 1.86. The standard InChI is InChI=1S/C15H22N2O3/c1-10(2)5-3-4-6-17-15(18)11-7-13-14(8-12(11)16)20-9-19-13/h7-8,10H,3-6,9,16H2,1-2H3,(H,17,18). The molecule has 0 bridgehead atoms. The summed E-state index contributed by atoms with van der Waals surface area (Å²) in [7, 11) is 0. The van der Waals surface area contributed by atoms with Crippen LogP contribution in [-0.2, 0) is 0 Å². The van der Waals surface area contributed by atoms with Crippen LogP contribution in [0.1, 0.15) is 43.5 Å². The van der Waals surface area contributed by atoms with Gasteiger partial charge in [-0.05, 0) is 18.4 Å². The minimum atomic E-state index is -0.162. The quantitative estimate of drug-likeness (QED) is 0.619. The topological polar surface area (TPSA) is 73.6 Å². The zero-order chi connectivity index (χ0) is 14.5. The first-order valence-electron chi connectivity index (χ1n) is 7.05. The Labute approximate surface area is 119 Å². The molecule has 1 aromatic rings. The van der Waals surface area contributed by atoms with Crippen LogP contribution in [0, 0.1) is 5.92 Å². The maximum atomic E-state index is 12.1. The fraction of sp³-hybridized carbons (Fsp3) is 0.533. The lowest BCUT2D eigenvalue weighted by molar-refractivity contribution is 0.0953. The zero-order valence-electron chi connectivity index (χ0n) is 12.1. The Bertz CT molecular complexity index is 486. The Morgan fingerprint density at radius 2 is 2.00 bits per heavy atom. The van der Waals surface area contributed by atoms with Gasteiger partial charge in [0.2, 0.25) is 6.79 Å². The van der Waals surface area contributed by atoms with Crippen LogP contribution in [0.3, 0.4) is 0 Å². The number of benzene rings is 1. The lowest BCUT2D eigenvalue weighted by atomic mass is 10.1. The highest BCUT2D eigenvalue weighted by Crippen LogP contribution is 2.35. The van der Waals surface area contributed by atoms with Gasteiger partial charge in [-0.2, -0.15) is 0 Å². The fourth-order valence-electron chi connectivity index (χ4n) is 2.13. The van der Waals surface area contributed by atoms with Crippen LogP contribution in [0.15, 0.2) is 12.1 Å². The van der Waals surface area contributed by atoms with Crippen LogP contribution in [0.25, 0.3) is 0 Å². The van der Waals surface area contributed by atoms with E-state index in [1.165, 1.54) is 6.42 Å². The summed E-state index contributed by atoms with van der Waals surface area (Å²) in [5.41, 5.74) is 6.72. The number of rotatable bonds is 6. The average molecular weight is 278 g/mol. The third-order valence-electron chi connectivity index (χ3n) is 3.28. The number of anilines is 1. The molecular formula is C15H22N2O3. The molecule has 1 aliphatic heterocycles. The number of unbranched alkanes of at least 4 members (excludes halogenated alkanes) is 1. The van der Waals surface area contributed by atoms with Gasteiger partial charge in [0.05, 0.1) is 5.56 Å². The molecule has 0 spiro atoms. The van der Waals surface area contributed by atoms with Crippen molar-refractivity contribution in [2.75, 3.05) is 19.1 Å². The van der Waals surface area contributed by atoms with Gasteiger partial charge in [-0.1, -0.05) is 26.7 Å². The summed E-state index contributed by atoms with van der Waals surface area (Å²) >= 11 is 0. The van der Waals surface area contributed by atoms with Crippen LogP contribution < -0.4 is 20.5 Å². The summed E-state index contributed by atoms with van der Waals surface area (Å²) in [5, 5.41) is 2.89. The first kappa shape index (κ1) is 14.5. The van der Waals surface area contributed by atoms with E-state index >= 15 is 0 Å². The molecule has 5 heteroatoms. The van der Waals surface area contributed by atoms with Crippen LogP contribution in [0.5, 0.6) is 11.5 Å². The molecule has 0 saturated carbocycles. The number of carbonyl (C=O) groups excluding carboxylic acids is 1. The molecule has 0 aliphatic carbocycles. The molecule has 20 heavy (non-hydrogen) atoms. The van der Waals surface area contributed by atoms with Crippen molar-refractivity contribution in [2.24, 2.45) is 5.92 Å². The van der Waals surface area contributed by atoms with Crippen molar-refractivity contribution in [2.45, 2.75) is 33.1 Å². The van der Waals surface area contributed by atoms with Gasteiger partial charge in [-0.15, -0.1) is 0 Å². The van der Waals surface area contributed by atoms with E-state index in [9.17, 15) is 4.79 Å². The van der Waals surface area contributed by atoms with Crippen LogP contribution in [-0.4, -0.2) is 19.2 Å². The molecule has 2 rings (SSSR count). The predicted molar refractivity (Wildman–Crippen MR) is 78.0 cm³/mol. The second-order valence-electron chi connectivity index (χ2n) is 5.44. The van der Waals surface area contributed by atoms with Crippen LogP contribution in [0.4, 0.5) is 5.69 Å². The predicted octanol–water partition coefficient (Wildman–Crippen LogP) is 2.55. The fourth-order valence-corrected chi connectivity index (χ4v) is 2.13. The van der Waals surface area contributed by atoms with E-state index in [1.807, 2.05) is 0 Å². The van der Waals surface area contributed by atoms with E-state index in [-0.39, 0.29) is 12.7 Å². The maximum absolute atomic E-state index is 12.1. The molecule has 0 saturated heterocycles. The summed E-state index contributed by atoms with van der Waals surface area (Å²) in [6.45, 7) is 5.24. The zero-order valence-corrected chi connectivity index (χ0v) is 12.1. The van der Waals surface area contributed by atoms with Crippen molar-refractivity contribution in [3.05, 3.63) is 17.7 Å². The third kappa shape index (κ3) is 3.56. The van der Waals surface area contributed by atoms with E-state index in [4.69, 9.17) is 15.2 Å². The van der Waals surface area contributed by atoms with Gasteiger partial charge < -0.3 is 20.5 Å². The molecule has 1 amide bonds. The van der Waals surface area contributed by atoms with Gasteiger partial charge in [0, 0.05) is 18.3 Å². The Morgan fingerprint density at radius 3 is 2.70 bits per heavy atom. The second kappa shape index (κ2) is 6.50. The van der Waals surface area contributed by atoms with Crippen molar-refractivity contribution in [1.82, 2.24) is 5.32 Å². The van der Waals surface area contributed by atoms with Gasteiger partial charge in [0.15, 0.2) is 11.5 Å². The summed E-state index contributed by atoms with van der Waals surface area (Å²) in [6, 6.07) is 3.27. The summed E-state index contributed by atoms with van der Waals surface area (Å²) in [4.78, 5) is 12.1. The smallest absolute Gasteiger partial charge is 0.253 e. The minimum absolute atomic E-state index is 0.162. The largest absolute Gasteiger partial charge is 0.454 e. The van der Waals surface area contributed by atoms with Crippen molar-refractivity contribution >= 4 is 11.6 Å². The van der Waals surface area contributed by atoms with E-state index in [0.29, 0.717) is 35.2 Å². The molecule has 0 aromatic heterocycles. The van der Waals surface area contributed by atoms with Crippen LogP contribution in [0.2, 0.25) is 0 Å². The summed E-state index contributed by atoms with van der Waals surface area (Å²) < 4.78 is 10.5. The van der Waals surface area contributed by atoms with E-state index in [1.54, 1.807) is 12.1 Å². The number of hydrogen-bond acceptors (Lipinski definition) is 4. The van der Waals surface area contributed by atoms with Gasteiger partial charge in [0.1, 0.15) is 0 Å². The Kier molecular flexibility index (Phi) is 4.71. The monoisotopic (exact) mass is 278 g/mol. The SMILES string of the molecule is CC(C)CCCCNC(=O)c1cc2c(cc1N)OCO2. The van der Waals surface area contributed by atoms with E-state index in [2.05, 4.69) is 19.2 Å². The number of nitrogens with two attached hydrogens (primary N) is 1.